The van der Waals surface area contributed by atoms with E-state index >= 15 is 0 Å². The van der Waals surface area contributed by atoms with E-state index in [0.29, 0.717) is 11.6 Å². The molecule has 3 rings (SSSR count). The lowest BCUT2D eigenvalue weighted by Crippen LogP contribution is -2.19. The van der Waals surface area contributed by atoms with Gasteiger partial charge in [-0.3, -0.25) is 4.79 Å². The number of fused-ring (bicyclic) bond motifs is 1. The van der Waals surface area contributed by atoms with Gasteiger partial charge in [-0.15, -0.1) is 0 Å². The highest BCUT2D eigenvalue weighted by atomic mass is 16.3. The standard InChI is InChI=1S/C19H22N2O2/c1-13-9-10-18(17-8-3-2-7-16(13)17)20-14-5-4-6-15(11-14)21-19(23)12-22/h2-8,11,13,18,20,22H,9-10,12H2,1H3,(H,21,23). The molecule has 0 bridgehead atoms. The lowest BCUT2D eigenvalue weighted by molar-refractivity contribution is -0.118. The van der Waals surface area contributed by atoms with Gasteiger partial charge in [-0.2, -0.15) is 0 Å². The van der Waals surface area contributed by atoms with Gasteiger partial charge in [-0.1, -0.05) is 37.3 Å². The molecule has 0 saturated carbocycles. The average molecular weight is 310 g/mol. The highest BCUT2D eigenvalue weighted by Gasteiger charge is 2.24. The second-order valence-corrected chi connectivity index (χ2v) is 6.09. The summed E-state index contributed by atoms with van der Waals surface area (Å²) >= 11 is 0. The van der Waals surface area contributed by atoms with Crippen LogP contribution in [0.1, 0.15) is 42.9 Å². The molecule has 0 heterocycles. The minimum Gasteiger partial charge on any atom is -0.387 e. The van der Waals surface area contributed by atoms with Gasteiger partial charge in [-0.25, -0.2) is 0 Å². The summed E-state index contributed by atoms with van der Waals surface area (Å²) in [6, 6.07) is 16.5. The van der Waals surface area contributed by atoms with Crippen LogP contribution in [-0.2, 0) is 4.79 Å². The molecule has 23 heavy (non-hydrogen) atoms. The molecule has 3 N–H and O–H groups in total. The highest BCUT2D eigenvalue weighted by Crippen LogP contribution is 2.38. The SMILES string of the molecule is CC1CCC(Nc2cccc(NC(=O)CO)c2)c2ccccc21. The number of rotatable bonds is 4. The van der Waals surface area contributed by atoms with Crippen LogP contribution >= 0.6 is 0 Å². The van der Waals surface area contributed by atoms with E-state index in [4.69, 9.17) is 5.11 Å². The summed E-state index contributed by atoms with van der Waals surface area (Å²) in [6.07, 6.45) is 2.25. The normalized spacial score (nSPS) is 19.7. The third kappa shape index (κ3) is 3.54. The molecule has 1 aliphatic rings. The van der Waals surface area contributed by atoms with Gasteiger partial charge in [0.15, 0.2) is 0 Å². The van der Waals surface area contributed by atoms with E-state index < -0.39 is 12.5 Å². The fourth-order valence-corrected chi connectivity index (χ4v) is 3.24. The van der Waals surface area contributed by atoms with Crippen LogP contribution in [0, 0.1) is 0 Å². The zero-order valence-corrected chi connectivity index (χ0v) is 13.3. The molecule has 2 atom stereocenters. The van der Waals surface area contributed by atoms with Gasteiger partial charge in [-0.05, 0) is 48.1 Å². The van der Waals surface area contributed by atoms with Crippen molar-refractivity contribution in [2.45, 2.75) is 31.7 Å². The molecule has 2 aromatic rings. The molecule has 0 aromatic heterocycles. The van der Waals surface area contributed by atoms with Crippen LogP contribution in [0.4, 0.5) is 11.4 Å². The first kappa shape index (κ1) is 15.6. The Morgan fingerprint density at radius 1 is 1.09 bits per heavy atom. The molecule has 2 aromatic carbocycles. The van der Waals surface area contributed by atoms with Crippen LogP contribution in [0.15, 0.2) is 48.5 Å². The lowest BCUT2D eigenvalue weighted by Gasteiger charge is -2.31. The van der Waals surface area contributed by atoms with Gasteiger partial charge in [0.2, 0.25) is 5.91 Å². The molecule has 0 radical (unpaired) electrons. The van der Waals surface area contributed by atoms with Crippen molar-refractivity contribution in [3.05, 3.63) is 59.7 Å². The summed E-state index contributed by atoms with van der Waals surface area (Å²) < 4.78 is 0. The maximum Gasteiger partial charge on any atom is 0.250 e. The molecular formula is C19H22N2O2. The zero-order valence-electron chi connectivity index (χ0n) is 13.3. The summed E-state index contributed by atoms with van der Waals surface area (Å²) in [4.78, 5) is 11.3. The van der Waals surface area contributed by atoms with Crippen molar-refractivity contribution in [2.75, 3.05) is 17.2 Å². The molecule has 4 nitrogen and oxygen atoms in total. The Hall–Kier alpha value is -2.33. The lowest BCUT2D eigenvalue weighted by atomic mass is 9.81. The van der Waals surface area contributed by atoms with Gasteiger partial charge in [0.1, 0.15) is 6.61 Å². The van der Waals surface area contributed by atoms with Crippen molar-refractivity contribution in [3.8, 4) is 0 Å². The van der Waals surface area contributed by atoms with Gasteiger partial charge < -0.3 is 15.7 Å². The predicted molar refractivity (Wildman–Crippen MR) is 92.6 cm³/mol. The molecule has 0 aliphatic heterocycles. The van der Waals surface area contributed by atoms with Crippen molar-refractivity contribution >= 4 is 17.3 Å². The van der Waals surface area contributed by atoms with E-state index in [1.807, 2.05) is 24.3 Å². The Labute approximate surface area is 136 Å². The van der Waals surface area contributed by atoms with Crippen molar-refractivity contribution in [3.63, 3.8) is 0 Å². The van der Waals surface area contributed by atoms with E-state index in [-0.39, 0.29) is 6.04 Å². The first-order valence-electron chi connectivity index (χ1n) is 8.03. The van der Waals surface area contributed by atoms with E-state index in [1.54, 1.807) is 0 Å². The molecule has 0 saturated heterocycles. The largest absolute Gasteiger partial charge is 0.387 e. The summed E-state index contributed by atoms with van der Waals surface area (Å²) in [5.74, 6) is 0.193. The molecule has 120 valence electrons. The molecular weight excluding hydrogens is 288 g/mol. The second kappa shape index (κ2) is 6.84. The van der Waals surface area contributed by atoms with Gasteiger partial charge in [0, 0.05) is 11.4 Å². The number of amides is 1. The number of hydrogen-bond donors (Lipinski definition) is 3. The first-order chi connectivity index (χ1) is 11.2. The van der Waals surface area contributed by atoms with Crippen LogP contribution < -0.4 is 10.6 Å². The van der Waals surface area contributed by atoms with Crippen LogP contribution in [-0.4, -0.2) is 17.6 Å². The Morgan fingerprint density at radius 2 is 1.83 bits per heavy atom. The van der Waals surface area contributed by atoms with Crippen molar-refractivity contribution in [2.24, 2.45) is 0 Å². The van der Waals surface area contributed by atoms with Gasteiger partial charge in [0.25, 0.3) is 0 Å². The predicted octanol–water partition coefficient (Wildman–Crippen LogP) is 3.67. The number of benzene rings is 2. The van der Waals surface area contributed by atoms with Crippen molar-refractivity contribution in [1.82, 2.24) is 0 Å². The molecule has 0 fully saturated rings. The van der Waals surface area contributed by atoms with Crippen LogP contribution in [0.25, 0.3) is 0 Å². The van der Waals surface area contributed by atoms with Crippen molar-refractivity contribution in [1.29, 1.82) is 0 Å². The fourth-order valence-electron chi connectivity index (χ4n) is 3.24. The third-order valence-electron chi connectivity index (χ3n) is 4.42. The second-order valence-electron chi connectivity index (χ2n) is 6.09. The molecule has 0 spiro atoms. The fraction of sp³-hybridized carbons (Fsp3) is 0.316. The Kier molecular flexibility index (Phi) is 4.63. The minimum absolute atomic E-state index is 0.284. The van der Waals surface area contributed by atoms with Gasteiger partial charge >= 0.3 is 0 Å². The van der Waals surface area contributed by atoms with Gasteiger partial charge in [0.05, 0.1) is 6.04 Å². The number of carbonyl (C=O) groups excluding carboxylic acids is 1. The van der Waals surface area contributed by atoms with Crippen LogP contribution in [0.3, 0.4) is 0 Å². The van der Waals surface area contributed by atoms with E-state index in [1.165, 1.54) is 11.1 Å². The van der Waals surface area contributed by atoms with Crippen LogP contribution in [0.5, 0.6) is 0 Å². The van der Waals surface area contributed by atoms with Crippen LogP contribution in [0.2, 0.25) is 0 Å². The number of anilines is 2. The minimum atomic E-state index is -0.508. The zero-order chi connectivity index (χ0) is 16.2. The Bertz CT molecular complexity index is 699. The topological polar surface area (TPSA) is 61.4 Å². The van der Waals surface area contributed by atoms with E-state index in [2.05, 4.69) is 41.8 Å². The quantitative estimate of drug-likeness (QED) is 0.807. The molecule has 1 amide bonds. The third-order valence-corrected chi connectivity index (χ3v) is 4.42. The molecule has 2 unspecified atom stereocenters. The van der Waals surface area contributed by atoms with Crippen molar-refractivity contribution < 1.29 is 9.90 Å². The molecule has 1 aliphatic carbocycles. The monoisotopic (exact) mass is 310 g/mol. The summed E-state index contributed by atoms with van der Waals surface area (Å²) in [5, 5.41) is 15.1. The number of carbonyl (C=O) groups is 1. The maximum atomic E-state index is 11.3. The highest BCUT2D eigenvalue weighted by molar-refractivity contribution is 5.91. The van der Waals surface area contributed by atoms with E-state index in [0.717, 1.165) is 18.5 Å². The average Bonchev–Trinajstić information content (AvgIpc) is 2.58. The number of aliphatic hydroxyl groups is 1. The Balaban J connectivity index is 1.79. The molecule has 4 heteroatoms. The van der Waals surface area contributed by atoms with E-state index in [9.17, 15) is 4.79 Å². The summed E-state index contributed by atoms with van der Waals surface area (Å²) in [7, 11) is 0. The summed E-state index contributed by atoms with van der Waals surface area (Å²) in [6.45, 7) is 1.77. The maximum absolute atomic E-state index is 11.3. The number of nitrogens with one attached hydrogen (secondary N) is 2. The number of aliphatic hydroxyl groups excluding tert-OH is 1. The summed E-state index contributed by atoms with van der Waals surface area (Å²) in [5.41, 5.74) is 4.43. The Morgan fingerprint density at radius 3 is 2.61 bits per heavy atom. The smallest absolute Gasteiger partial charge is 0.250 e. The number of hydrogen-bond acceptors (Lipinski definition) is 3. The first-order valence-corrected chi connectivity index (χ1v) is 8.03.